The molecule has 0 aliphatic carbocycles. The van der Waals surface area contributed by atoms with Crippen molar-refractivity contribution in [3.8, 4) is 0 Å². The third-order valence-corrected chi connectivity index (χ3v) is 4.80. The van der Waals surface area contributed by atoms with Crippen LogP contribution in [0.3, 0.4) is 0 Å². The lowest BCUT2D eigenvalue weighted by atomic mass is 10.3. The van der Waals surface area contributed by atoms with E-state index in [1.807, 2.05) is 0 Å². The molecule has 0 aromatic rings. The predicted octanol–water partition coefficient (Wildman–Crippen LogP) is 1.59. The molecule has 0 radical (unpaired) electrons. The maximum Gasteiger partial charge on any atom is 0.156 e. The van der Waals surface area contributed by atoms with E-state index in [9.17, 15) is 8.42 Å². The second-order valence-corrected chi connectivity index (χ2v) is 7.40. The molecule has 14 heavy (non-hydrogen) atoms. The normalized spacial score (nSPS) is 13.1. The summed E-state index contributed by atoms with van der Waals surface area (Å²) in [4.78, 5) is 0. The molecule has 0 atom stereocenters. The van der Waals surface area contributed by atoms with Crippen molar-refractivity contribution in [2.75, 3.05) is 18.8 Å². The summed E-state index contributed by atoms with van der Waals surface area (Å²) in [5, 5.41) is 3.14. The standard InChI is InChI=1S/C10H23NO2S/c1-5-6-7-11-8-9-14(12,13)10(2,3)4/h11H,5-9H2,1-4H3. The van der Waals surface area contributed by atoms with Gasteiger partial charge in [-0.05, 0) is 33.7 Å². The summed E-state index contributed by atoms with van der Waals surface area (Å²) in [6.45, 7) is 8.83. The van der Waals surface area contributed by atoms with E-state index in [-0.39, 0.29) is 5.75 Å². The van der Waals surface area contributed by atoms with Crippen LogP contribution >= 0.6 is 0 Å². The van der Waals surface area contributed by atoms with Crippen LogP contribution in [0.15, 0.2) is 0 Å². The van der Waals surface area contributed by atoms with Gasteiger partial charge in [0.25, 0.3) is 0 Å². The molecular formula is C10H23NO2S. The van der Waals surface area contributed by atoms with Gasteiger partial charge >= 0.3 is 0 Å². The summed E-state index contributed by atoms with van der Waals surface area (Å²) in [6, 6.07) is 0. The Labute approximate surface area is 88.2 Å². The van der Waals surface area contributed by atoms with Gasteiger partial charge in [-0.1, -0.05) is 13.3 Å². The molecule has 0 heterocycles. The second-order valence-electron chi connectivity index (χ2n) is 4.53. The fraction of sp³-hybridized carbons (Fsp3) is 1.00. The summed E-state index contributed by atoms with van der Waals surface area (Å²) < 4.78 is 22.7. The van der Waals surface area contributed by atoms with Crippen LogP contribution < -0.4 is 5.32 Å². The highest BCUT2D eigenvalue weighted by Crippen LogP contribution is 2.14. The Balaban J connectivity index is 3.80. The monoisotopic (exact) mass is 221 g/mol. The summed E-state index contributed by atoms with van der Waals surface area (Å²) in [5.41, 5.74) is 0. The minimum absolute atomic E-state index is 0.236. The van der Waals surface area contributed by atoms with Gasteiger partial charge in [0.1, 0.15) is 0 Å². The average Bonchev–Trinajstić information content (AvgIpc) is 2.02. The number of hydrogen-bond acceptors (Lipinski definition) is 3. The van der Waals surface area contributed by atoms with Gasteiger partial charge < -0.3 is 5.32 Å². The lowest BCUT2D eigenvalue weighted by Gasteiger charge is -2.19. The van der Waals surface area contributed by atoms with E-state index in [0.29, 0.717) is 6.54 Å². The Bertz CT molecular complexity index is 239. The SMILES string of the molecule is CCCCNCCS(=O)(=O)C(C)(C)C. The van der Waals surface area contributed by atoms with Gasteiger partial charge in [0.15, 0.2) is 9.84 Å². The molecule has 0 rings (SSSR count). The molecule has 0 aliphatic rings. The highest BCUT2D eigenvalue weighted by Gasteiger charge is 2.27. The molecule has 0 amide bonds. The van der Waals surface area contributed by atoms with E-state index in [4.69, 9.17) is 0 Å². The fourth-order valence-electron chi connectivity index (χ4n) is 0.939. The maximum absolute atomic E-state index is 11.6. The molecule has 0 spiro atoms. The third kappa shape index (κ3) is 4.96. The molecule has 86 valence electrons. The van der Waals surface area contributed by atoms with E-state index in [1.54, 1.807) is 20.8 Å². The van der Waals surface area contributed by atoms with Gasteiger partial charge in [-0.2, -0.15) is 0 Å². The molecule has 4 heteroatoms. The molecule has 0 aromatic carbocycles. The molecule has 0 saturated carbocycles. The van der Waals surface area contributed by atoms with Crippen molar-refractivity contribution < 1.29 is 8.42 Å². The smallest absolute Gasteiger partial charge is 0.156 e. The van der Waals surface area contributed by atoms with Crippen molar-refractivity contribution in [2.24, 2.45) is 0 Å². The molecule has 1 N–H and O–H groups in total. The molecule has 0 aromatic heterocycles. The Morgan fingerprint density at radius 2 is 1.71 bits per heavy atom. The van der Waals surface area contributed by atoms with Crippen molar-refractivity contribution in [1.82, 2.24) is 5.32 Å². The lowest BCUT2D eigenvalue weighted by Crippen LogP contribution is -2.34. The van der Waals surface area contributed by atoms with Crippen LogP contribution in [-0.2, 0) is 9.84 Å². The molecule has 3 nitrogen and oxygen atoms in total. The first-order valence-corrected chi connectivity index (χ1v) is 6.89. The zero-order chi connectivity index (χ0) is 11.2. The largest absolute Gasteiger partial charge is 0.316 e. The summed E-state index contributed by atoms with van der Waals surface area (Å²) in [7, 11) is -2.95. The average molecular weight is 221 g/mol. The molecule has 0 aliphatic heterocycles. The van der Waals surface area contributed by atoms with Crippen LogP contribution in [0.2, 0.25) is 0 Å². The number of unbranched alkanes of at least 4 members (excludes halogenated alkanes) is 1. The van der Waals surface area contributed by atoms with Crippen molar-refractivity contribution >= 4 is 9.84 Å². The Morgan fingerprint density at radius 1 is 1.14 bits per heavy atom. The van der Waals surface area contributed by atoms with Crippen LogP contribution in [-0.4, -0.2) is 32.0 Å². The Hall–Kier alpha value is -0.0900. The fourth-order valence-corrected chi connectivity index (χ4v) is 1.96. The summed E-state index contributed by atoms with van der Waals surface area (Å²) in [6.07, 6.45) is 2.24. The van der Waals surface area contributed by atoms with E-state index in [0.717, 1.165) is 19.4 Å². The topological polar surface area (TPSA) is 46.2 Å². The van der Waals surface area contributed by atoms with Gasteiger partial charge in [-0.3, -0.25) is 0 Å². The van der Waals surface area contributed by atoms with Crippen LogP contribution in [0, 0.1) is 0 Å². The lowest BCUT2D eigenvalue weighted by molar-refractivity contribution is 0.555. The van der Waals surface area contributed by atoms with Crippen molar-refractivity contribution in [2.45, 2.75) is 45.3 Å². The van der Waals surface area contributed by atoms with E-state index in [1.165, 1.54) is 0 Å². The number of rotatable bonds is 6. The first kappa shape index (κ1) is 13.9. The van der Waals surface area contributed by atoms with E-state index < -0.39 is 14.6 Å². The van der Waals surface area contributed by atoms with Gasteiger partial charge in [0.2, 0.25) is 0 Å². The quantitative estimate of drug-likeness (QED) is 0.693. The van der Waals surface area contributed by atoms with E-state index >= 15 is 0 Å². The number of nitrogens with one attached hydrogen (secondary N) is 1. The van der Waals surface area contributed by atoms with Gasteiger partial charge in [0.05, 0.1) is 10.5 Å². The van der Waals surface area contributed by atoms with Crippen molar-refractivity contribution in [3.05, 3.63) is 0 Å². The van der Waals surface area contributed by atoms with E-state index in [2.05, 4.69) is 12.2 Å². The van der Waals surface area contributed by atoms with Crippen LogP contribution in [0.5, 0.6) is 0 Å². The predicted molar refractivity (Wildman–Crippen MR) is 61.3 cm³/mol. The van der Waals surface area contributed by atoms with Crippen LogP contribution in [0.1, 0.15) is 40.5 Å². The minimum atomic E-state index is -2.95. The van der Waals surface area contributed by atoms with Gasteiger partial charge in [0, 0.05) is 6.54 Å². The molecule has 0 fully saturated rings. The molecule has 0 unspecified atom stereocenters. The third-order valence-electron chi connectivity index (χ3n) is 2.19. The zero-order valence-electron chi connectivity index (χ0n) is 9.76. The number of hydrogen-bond donors (Lipinski definition) is 1. The molecular weight excluding hydrogens is 198 g/mol. The van der Waals surface area contributed by atoms with Gasteiger partial charge in [-0.15, -0.1) is 0 Å². The molecule has 0 saturated heterocycles. The van der Waals surface area contributed by atoms with Crippen LogP contribution in [0.4, 0.5) is 0 Å². The highest BCUT2D eigenvalue weighted by molar-refractivity contribution is 7.92. The Morgan fingerprint density at radius 3 is 2.14 bits per heavy atom. The minimum Gasteiger partial charge on any atom is -0.316 e. The molecule has 0 bridgehead atoms. The first-order valence-electron chi connectivity index (χ1n) is 5.24. The summed E-state index contributed by atoms with van der Waals surface area (Å²) in [5.74, 6) is 0.236. The summed E-state index contributed by atoms with van der Waals surface area (Å²) >= 11 is 0. The Kier molecular flexibility index (Phi) is 5.67. The van der Waals surface area contributed by atoms with Crippen LogP contribution in [0.25, 0.3) is 0 Å². The first-order chi connectivity index (χ1) is 6.31. The maximum atomic E-state index is 11.6. The number of sulfone groups is 1. The van der Waals surface area contributed by atoms with Crippen molar-refractivity contribution in [3.63, 3.8) is 0 Å². The van der Waals surface area contributed by atoms with Crippen molar-refractivity contribution in [1.29, 1.82) is 0 Å². The second kappa shape index (κ2) is 5.71. The highest BCUT2D eigenvalue weighted by atomic mass is 32.2. The zero-order valence-corrected chi connectivity index (χ0v) is 10.6. The van der Waals surface area contributed by atoms with Gasteiger partial charge in [-0.25, -0.2) is 8.42 Å².